The molecule has 0 heterocycles. The van der Waals surface area contributed by atoms with Crippen molar-refractivity contribution in [3.05, 3.63) is 109 Å². The van der Waals surface area contributed by atoms with Crippen molar-refractivity contribution in [2.45, 2.75) is 290 Å². The molecule has 0 fully saturated rings. The zero-order valence-electron chi connectivity index (χ0n) is 48.3. The van der Waals surface area contributed by atoms with Crippen molar-refractivity contribution in [2.24, 2.45) is 0 Å². The normalized spacial score (nSPS) is 12.9. The van der Waals surface area contributed by atoms with Crippen molar-refractivity contribution in [1.82, 2.24) is 0 Å². The van der Waals surface area contributed by atoms with Crippen molar-refractivity contribution in [1.29, 1.82) is 0 Å². The molecule has 74 heavy (non-hydrogen) atoms. The molecular weight excluding hydrogens is 913 g/mol. The Bertz CT molecular complexity index is 1510. The highest BCUT2D eigenvalue weighted by Crippen LogP contribution is 2.15. The highest BCUT2D eigenvalue weighted by molar-refractivity contribution is 5.71. The van der Waals surface area contributed by atoms with Gasteiger partial charge in [0.05, 0.1) is 0 Å². The fourth-order valence-electron chi connectivity index (χ4n) is 8.38. The Hall–Kier alpha value is -3.93. The van der Waals surface area contributed by atoms with Crippen LogP contribution in [0, 0.1) is 0 Å². The Balaban J connectivity index is 4.10. The SMILES string of the molecule is CC/C=C\C/C=C\C/C=C\C/C=C\C/C=C\C/C=C\C/C=C\C/C=C\CCCCCCCCCCCCC(=O)OCC(COC(=O)CCCCCCCCCCCC)OC(=O)CCCCCCC/C=C\CCCC. The van der Waals surface area contributed by atoms with Gasteiger partial charge >= 0.3 is 17.9 Å². The van der Waals surface area contributed by atoms with E-state index in [0.717, 1.165) is 122 Å². The molecule has 0 aliphatic carbocycles. The van der Waals surface area contributed by atoms with E-state index in [4.69, 9.17) is 14.2 Å². The molecule has 0 aromatic carbocycles. The van der Waals surface area contributed by atoms with Crippen LogP contribution in [0.5, 0.6) is 0 Å². The molecule has 0 aliphatic rings. The lowest BCUT2D eigenvalue weighted by Gasteiger charge is -2.18. The lowest BCUT2D eigenvalue weighted by molar-refractivity contribution is -0.167. The van der Waals surface area contributed by atoms with Crippen molar-refractivity contribution in [3.63, 3.8) is 0 Å². The number of rotatable bonds is 55. The summed E-state index contributed by atoms with van der Waals surface area (Å²) >= 11 is 0. The van der Waals surface area contributed by atoms with Crippen LogP contribution in [-0.2, 0) is 28.6 Å². The predicted molar refractivity (Wildman–Crippen MR) is 320 cm³/mol. The Labute approximate surface area is 457 Å². The minimum atomic E-state index is -0.780. The second-order valence-corrected chi connectivity index (χ2v) is 20.2. The Morgan fingerprint density at radius 2 is 0.541 bits per heavy atom. The second-order valence-electron chi connectivity index (χ2n) is 20.2. The summed E-state index contributed by atoms with van der Waals surface area (Å²) in [5.74, 6) is -0.893. The quantitative estimate of drug-likeness (QED) is 0.0261. The molecule has 0 aromatic heterocycles. The van der Waals surface area contributed by atoms with Crippen LogP contribution >= 0.6 is 0 Å². The maximum Gasteiger partial charge on any atom is 0.306 e. The van der Waals surface area contributed by atoms with Gasteiger partial charge in [0.1, 0.15) is 13.2 Å². The first-order chi connectivity index (χ1) is 36.5. The zero-order valence-corrected chi connectivity index (χ0v) is 48.3. The third kappa shape index (κ3) is 59.0. The van der Waals surface area contributed by atoms with E-state index in [2.05, 4.69) is 130 Å². The highest BCUT2D eigenvalue weighted by atomic mass is 16.6. The van der Waals surface area contributed by atoms with Crippen LogP contribution in [0.4, 0.5) is 0 Å². The molecule has 0 radical (unpaired) electrons. The first kappa shape index (κ1) is 70.1. The molecule has 6 nitrogen and oxygen atoms in total. The molecule has 0 rings (SSSR count). The number of allylic oxidation sites excluding steroid dienone is 18. The number of hydrogen-bond acceptors (Lipinski definition) is 6. The number of unbranched alkanes of at least 4 members (excludes halogenated alkanes) is 26. The molecule has 0 N–H and O–H groups in total. The smallest absolute Gasteiger partial charge is 0.306 e. The van der Waals surface area contributed by atoms with Crippen LogP contribution in [-0.4, -0.2) is 37.2 Å². The molecule has 1 atom stereocenters. The molecule has 0 amide bonds. The van der Waals surface area contributed by atoms with Crippen LogP contribution in [0.3, 0.4) is 0 Å². The summed E-state index contributed by atoms with van der Waals surface area (Å²) in [6.45, 7) is 6.47. The van der Waals surface area contributed by atoms with Crippen LogP contribution in [0.2, 0.25) is 0 Å². The summed E-state index contributed by atoms with van der Waals surface area (Å²) in [6.07, 6.45) is 83.9. The molecular formula is C68H114O6. The van der Waals surface area contributed by atoms with Crippen LogP contribution < -0.4 is 0 Å². The van der Waals surface area contributed by atoms with Gasteiger partial charge in [-0.2, -0.15) is 0 Å². The Morgan fingerprint density at radius 1 is 0.284 bits per heavy atom. The average Bonchev–Trinajstić information content (AvgIpc) is 3.40. The average molecular weight is 1030 g/mol. The molecule has 6 heteroatoms. The van der Waals surface area contributed by atoms with E-state index in [1.807, 2.05) is 0 Å². The zero-order chi connectivity index (χ0) is 53.6. The van der Waals surface area contributed by atoms with Gasteiger partial charge < -0.3 is 14.2 Å². The summed E-state index contributed by atoms with van der Waals surface area (Å²) in [7, 11) is 0. The van der Waals surface area contributed by atoms with Gasteiger partial charge in [0, 0.05) is 19.3 Å². The van der Waals surface area contributed by atoms with Crippen molar-refractivity contribution in [2.75, 3.05) is 13.2 Å². The van der Waals surface area contributed by atoms with Crippen molar-refractivity contribution in [3.8, 4) is 0 Å². The van der Waals surface area contributed by atoms with Gasteiger partial charge in [0.25, 0.3) is 0 Å². The lowest BCUT2D eigenvalue weighted by Crippen LogP contribution is -2.30. The first-order valence-electron chi connectivity index (χ1n) is 30.9. The summed E-state index contributed by atoms with van der Waals surface area (Å²) in [5, 5.41) is 0. The number of esters is 3. The Kier molecular flexibility index (Phi) is 58.3. The van der Waals surface area contributed by atoms with Crippen LogP contribution in [0.15, 0.2) is 109 Å². The van der Waals surface area contributed by atoms with Gasteiger partial charge in [-0.05, 0) is 103 Å². The largest absolute Gasteiger partial charge is 0.462 e. The van der Waals surface area contributed by atoms with Crippen molar-refractivity contribution >= 4 is 17.9 Å². The molecule has 422 valence electrons. The fourth-order valence-corrected chi connectivity index (χ4v) is 8.38. The number of hydrogen-bond donors (Lipinski definition) is 0. The summed E-state index contributed by atoms with van der Waals surface area (Å²) in [4.78, 5) is 38.0. The predicted octanol–water partition coefficient (Wildman–Crippen LogP) is 21.0. The molecule has 0 saturated carbocycles. The van der Waals surface area contributed by atoms with Crippen LogP contribution in [0.1, 0.15) is 284 Å². The summed E-state index contributed by atoms with van der Waals surface area (Å²) in [5.41, 5.74) is 0. The standard InChI is InChI=1S/C68H114O6/c1-4-7-10-13-16-19-22-23-24-25-26-27-28-29-30-31-32-33-34-35-36-37-38-39-40-41-42-43-44-45-47-49-52-55-58-61-67(70)73-64-65(63-72-66(69)60-57-54-51-48-21-18-15-12-9-6-3)74-68(71)62-59-56-53-50-46-20-17-14-11-8-5-2/h7,10,14,16-17,19,23-24,26-27,29-30,32-33,35-36,38-39,65H,4-6,8-9,11-13,15,18,20-22,25,28,31,34,37,40-64H2,1-3H3/b10-7-,17-14-,19-16-,24-23-,27-26-,30-29-,33-32-,36-35-,39-38-. The highest BCUT2D eigenvalue weighted by Gasteiger charge is 2.19. The third-order valence-corrected chi connectivity index (χ3v) is 13.0. The van der Waals surface area contributed by atoms with E-state index >= 15 is 0 Å². The lowest BCUT2D eigenvalue weighted by atomic mass is 10.1. The monoisotopic (exact) mass is 1030 g/mol. The molecule has 0 spiro atoms. The maximum absolute atomic E-state index is 12.8. The number of carbonyl (C=O) groups excluding carboxylic acids is 3. The van der Waals surface area contributed by atoms with E-state index in [9.17, 15) is 14.4 Å². The minimum Gasteiger partial charge on any atom is -0.462 e. The fraction of sp³-hybridized carbons (Fsp3) is 0.691. The maximum atomic E-state index is 12.8. The number of carbonyl (C=O) groups is 3. The van der Waals surface area contributed by atoms with Crippen molar-refractivity contribution < 1.29 is 28.6 Å². The van der Waals surface area contributed by atoms with E-state index < -0.39 is 6.10 Å². The van der Waals surface area contributed by atoms with E-state index in [1.165, 1.54) is 122 Å². The third-order valence-electron chi connectivity index (χ3n) is 13.0. The molecule has 0 saturated heterocycles. The molecule has 1 unspecified atom stereocenters. The molecule has 0 aliphatic heterocycles. The first-order valence-corrected chi connectivity index (χ1v) is 30.9. The van der Waals surface area contributed by atoms with Gasteiger partial charge in [-0.3, -0.25) is 14.4 Å². The number of ether oxygens (including phenoxy) is 3. The second kappa shape index (κ2) is 61.6. The minimum absolute atomic E-state index is 0.0798. The molecule has 0 bridgehead atoms. The van der Waals surface area contributed by atoms with E-state index in [1.54, 1.807) is 0 Å². The van der Waals surface area contributed by atoms with Gasteiger partial charge in [-0.15, -0.1) is 0 Å². The molecule has 0 aromatic rings. The van der Waals surface area contributed by atoms with Gasteiger partial charge in [-0.1, -0.05) is 271 Å². The van der Waals surface area contributed by atoms with Gasteiger partial charge in [0.15, 0.2) is 6.10 Å². The van der Waals surface area contributed by atoms with E-state index in [0.29, 0.717) is 19.3 Å². The van der Waals surface area contributed by atoms with Crippen LogP contribution in [0.25, 0.3) is 0 Å². The summed E-state index contributed by atoms with van der Waals surface area (Å²) < 4.78 is 16.8. The van der Waals surface area contributed by atoms with Gasteiger partial charge in [-0.25, -0.2) is 0 Å². The van der Waals surface area contributed by atoms with E-state index in [-0.39, 0.29) is 31.1 Å². The Morgan fingerprint density at radius 3 is 0.878 bits per heavy atom. The topological polar surface area (TPSA) is 78.9 Å². The van der Waals surface area contributed by atoms with Gasteiger partial charge in [0.2, 0.25) is 0 Å². The summed E-state index contributed by atoms with van der Waals surface area (Å²) in [6, 6.07) is 0.